The van der Waals surface area contributed by atoms with Crippen LogP contribution >= 0.6 is 0 Å². The van der Waals surface area contributed by atoms with E-state index >= 15 is 0 Å². The third kappa shape index (κ3) is 4.84. The van der Waals surface area contributed by atoms with Crippen molar-refractivity contribution in [3.63, 3.8) is 0 Å². The number of hydrogen-bond donors (Lipinski definition) is 1. The summed E-state index contributed by atoms with van der Waals surface area (Å²) in [6, 6.07) is 21.7. The standard InChI is InChI=1S/C25H26N2O4S/c1-19-7-2-5-12-24(19)31-16-14-26-25(28)21-10-6-11-23(17-21)32(29,30)27-15-13-20-8-3-4-9-22(20)18-27/h2-12,17H,13-16,18H2,1H3,(H,26,28). The number of fused-ring (bicyclic) bond motifs is 1. The number of nitrogens with one attached hydrogen (secondary N) is 1. The largest absolute Gasteiger partial charge is 0.491 e. The maximum Gasteiger partial charge on any atom is 0.251 e. The van der Waals surface area contributed by atoms with Crippen LogP contribution in [0.15, 0.2) is 77.7 Å². The predicted octanol–water partition coefficient (Wildman–Crippen LogP) is 3.55. The number of rotatable bonds is 7. The van der Waals surface area contributed by atoms with Crippen LogP contribution in [-0.2, 0) is 23.0 Å². The second-order valence-corrected chi connectivity index (χ2v) is 9.69. The van der Waals surface area contributed by atoms with Crippen molar-refractivity contribution >= 4 is 15.9 Å². The van der Waals surface area contributed by atoms with Gasteiger partial charge in [0.05, 0.1) is 11.4 Å². The van der Waals surface area contributed by atoms with Crippen molar-refractivity contribution in [3.05, 3.63) is 95.1 Å². The van der Waals surface area contributed by atoms with Gasteiger partial charge in [0, 0.05) is 18.7 Å². The van der Waals surface area contributed by atoms with E-state index in [0.29, 0.717) is 38.2 Å². The fourth-order valence-corrected chi connectivity index (χ4v) is 5.23. The number of sulfonamides is 1. The van der Waals surface area contributed by atoms with Gasteiger partial charge in [0.2, 0.25) is 10.0 Å². The molecule has 166 valence electrons. The molecular weight excluding hydrogens is 424 g/mol. The highest BCUT2D eigenvalue weighted by Gasteiger charge is 2.28. The van der Waals surface area contributed by atoms with Crippen LogP contribution in [-0.4, -0.2) is 38.3 Å². The average molecular weight is 451 g/mol. The second-order valence-electron chi connectivity index (χ2n) is 7.75. The Bertz CT molecular complexity index is 1220. The second kappa shape index (κ2) is 9.54. The van der Waals surface area contributed by atoms with Crippen molar-refractivity contribution in [1.29, 1.82) is 0 Å². The highest BCUT2D eigenvalue weighted by molar-refractivity contribution is 7.89. The summed E-state index contributed by atoms with van der Waals surface area (Å²) in [5, 5.41) is 2.79. The maximum atomic E-state index is 13.2. The first-order chi connectivity index (χ1) is 15.4. The molecule has 3 aromatic carbocycles. The molecule has 0 fully saturated rings. The molecule has 6 nitrogen and oxygen atoms in total. The van der Waals surface area contributed by atoms with Crippen LogP contribution in [0.4, 0.5) is 0 Å². The topological polar surface area (TPSA) is 75.7 Å². The summed E-state index contributed by atoms with van der Waals surface area (Å²) < 4.78 is 33.6. The summed E-state index contributed by atoms with van der Waals surface area (Å²) in [5.74, 6) is 0.442. The lowest BCUT2D eigenvalue weighted by Gasteiger charge is -2.28. The molecule has 0 aromatic heterocycles. The lowest BCUT2D eigenvalue weighted by molar-refractivity contribution is 0.0946. The molecule has 0 atom stereocenters. The Hall–Kier alpha value is -3.16. The molecule has 0 radical (unpaired) electrons. The van der Waals surface area contributed by atoms with E-state index in [9.17, 15) is 13.2 Å². The minimum absolute atomic E-state index is 0.126. The first-order valence-electron chi connectivity index (χ1n) is 10.6. The first-order valence-corrected chi connectivity index (χ1v) is 12.0. The molecule has 0 unspecified atom stereocenters. The van der Waals surface area contributed by atoms with Gasteiger partial charge in [-0.05, 0) is 54.3 Å². The zero-order valence-electron chi connectivity index (χ0n) is 18.0. The van der Waals surface area contributed by atoms with Crippen molar-refractivity contribution < 1.29 is 17.9 Å². The smallest absolute Gasteiger partial charge is 0.251 e. The third-order valence-corrected chi connectivity index (χ3v) is 7.41. The van der Waals surface area contributed by atoms with Crippen LogP contribution in [0, 0.1) is 6.92 Å². The number of para-hydroxylation sites is 1. The lowest BCUT2D eigenvalue weighted by atomic mass is 10.0. The van der Waals surface area contributed by atoms with Crippen LogP contribution in [0.5, 0.6) is 5.75 Å². The molecule has 7 heteroatoms. The summed E-state index contributed by atoms with van der Waals surface area (Å²) in [6.45, 7) is 3.35. The Morgan fingerprint density at radius 1 is 1.00 bits per heavy atom. The minimum atomic E-state index is -3.70. The SMILES string of the molecule is Cc1ccccc1OCCNC(=O)c1cccc(S(=O)(=O)N2CCc3ccccc3C2)c1. The van der Waals surface area contributed by atoms with Crippen LogP contribution < -0.4 is 10.1 Å². The van der Waals surface area contributed by atoms with Gasteiger partial charge in [-0.2, -0.15) is 4.31 Å². The molecule has 0 bridgehead atoms. The van der Waals surface area contributed by atoms with E-state index in [1.54, 1.807) is 12.1 Å². The molecule has 1 heterocycles. The van der Waals surface area contributed by atoms with Crippen molar-refractivity contribution in [2.24, 2.45) is 0 Å². The molecule has 1 aliphatic rings. The zero-order valence-corrected chi connectivity index (χ0v) is 18.8. The van der Waals surface area contributed by atoms with Crippen LogP contribution in [0.25, 0.3) is 0 Å². The monoisotopic (exact) mass is 450 g/mol. The number of hydrogen-bond acceptors (Lipinski definition) is 4. The molecule has 3 aromatic rings. The zero-order chi connectivity index (χ0) is 22.6. The predicted molar refractivity (Wildman–Crippen MR) is 123 cm³/mol. The Labute approximate surface area is 188 Å². The average Bonchev–Trinajstić information content (AvgIpc) is 2.82. The van der Waals surface area contributed by atoms with Gasteiger partial charge in [-0.3, -0.25) is 4.79 Å². The number of carbonyl (C=O) groups excluding carboxylic acids is 1. The lowest BCUT2D eigenvalue weighted by Crippen LogP contribution is -2.36. The number of benzene rings is 3. The minimum Gasteiger partial charge on any atom is -0.491 e. The molecule has 4 rings (SSSR count). The molecule has 0 aliphatic carbocycles. The summed E-state index contributed by atoms with van der Waals surface area (Å²) in [4.78, 5) is 12.7. The summed E-state index contributed by atoms with van der Waals surface area (Å²) in [7, 11) is -3.70. The van der Waals surface area contributed by atoms with Crippen LogP contribution in [0.1, 0.15) is 27.0 Å². The number of amides is 1. The van der Waals surface area contributed by atoms with Gasteiger partial charge in [-0.25, -0.2) is 8.42 Å². The number of ether oxygens (including phenoxy) is 1. The molecule has 0 saturated carbocycles. The van der Waals surface area contributed by atoms with Gasteiger partial charge in [0.15, 0.2) is 0 Å². The summed E-state index contributed by atoms with van der Waals surface area (Å²) >= 11 is 0. The quantitative estimate of drug-likeness (QED) is 0.559. The van der Waals surface area contributed by atoms with Crippen molar-refractivity contribution in [3.8, 4) is 5.75 Å². The Morgan fingerprint density at radius 3 is 2.56 bits per heavy atom. The highest BCUT2D eigenvalue weighted by atomic mass is 32.2. The Kier molecular flexibility index (Phi) is 6.58. The first kappa shape index (κ1) is 22.0. The Balaban J connectivity index is 1.39. The number of carbonyl (C=O) groups is 1. The fourth-order valence-electron chi connectivity index (χ4n) is 3.77. The van der Waals surface area contributed by atoms with E-state index in [0.717, 1.165) is 16.9 Å². The normalized spacial score (nSPS) is 13.9. The number of nitrogens with zero attached hydrogens (tertiary/aromatic N) is 1. The van der Waals surface area contributed by atoms with Crippen molar-refractivity contribution in [1.82, 2.24) is 9.62 Å². The molecule has 1 aliphatic heterocycles. The third-order valence-electron chi connectivity index (χ3n) is 5.57. The van der Waals surface area contributed by atoms with Crippen LogP contribution in [0.3, 0.4) is 0 Å². The maximum absolute atomic E-state index is 13.2. The van der Waals surface area contributed by atoms with Gasteiger partial charge in [-0.15, -0.1) is 0 Å². The van der Waals surface area contributed by atoms with Gasteiger partial charge in [0.25, 0.3) is 5.91 Å². The van der Waals surface area contributed by atoms with E-state index in [1.807, 2.05) is 55.5 Å². The fraction of sp³-hybridized carbons (Fsp3) is 0.240. The van der Waals surface area contributed by atoms with E-state index in [1.165, 1.54) is 22.0 Å². The van der Waals surface area contributed by atoms with Gasteiger partial charge in [-0.1, -0.05) is 48.5 Å². The molecule has 0 spiro atoms. The van der Waals surface area contributed by atoms with E-state index in [-0.39, 0.29) is 10.8 Å². The molecular formula is C25H26N2O4S. The van der Waals surface area contributed by atoms with E-state index in [2.05, 4.69) is 5.32 Å². The number of aryl methyl sites for hydroxylation is 1. The van der Waals surface area contributed by atoms with Crippen LogP contribution in [0.2, 0.25) is 0 Å². The Morgan fingerprint density at radius 2 is 1.75 bits per heavy atom. The van der Waals surface area contributed by atoms with Gasteiger partial charge >= 0.3 is 0 Å². The summed E-state index contributed by atoms with van der Waals surface area (Å²) in [6.07, 6.45) is 0.677. The van der Waals surface area contributed by atoms with Crippen molar-refractivity contribution in [2.45, 2.75) is 24.8 Å². The summed E-state index contributed by atoms with van der Waals surface area (Å²) in [5.41, 5.74) is 3.53. The molecule has 1 N–H and O–H groups in total. The van der Waals surface area contributed by atoms with E-state index < -0.39 is 10.0 Å². The van der Waals surface area contributed by atoms with Crippen molar-refractivity contribution in [2.75, 3.05) is 19.7 Å². The molecule has 1 amide bonds. The van der Waals surface area contributed by atoms with Gasteiger partial charge < -0.3 is 10.1 Å². The molecule has 32 heavy (non-hydrogen) atoms. The highest BCUT2D eigenvalue weighted by Crippen LogP contribution is 2.25. The van der Waals surface area contributed by atoms with Gasteiger partial charge in [0.1, 0.15) is 12.4 Å². The van der Waals surface area contributed by atoms with E-state index in [4.69, 9.17) is 4.74 Å². The molecule has 0 saturated heterocycles.